The van der Waals surface area contributed by atoms with Crippen LogP contribution in [0.3, 0.4) is 0 Å². The molecule has 4 aromatic rings. The SMILES string of the molecule is Cc1c(C(=O)NC(c2ccccc2)c2ccccc2)oc2ccc(Br)cc12. The van der Waals surface area contributed by atoms with E-state index in [1.165, 1.54) is 0 Å². The number of carbonyl (C=O) groups excluding carboxylic acids is 1. The van der Waals surface area contributed by atoms with Gasteiger partial charge in [-0.2, -0.15) is 0 Å². The van der Waals surface area contributed by atoms with E-state index >= 15 is 0 Å². The van der Waals surface area contributed by atoms with Crippen LogP contribution in [-0.4, -0.2) is 5.91 Å². The van der Waals surface area contributed by atoms with Crippen molar-refractivity contribution in [1.29, 1.82) is 0 Å². The van der Waals surface area contributed by atoms with Gasteiger partial charge in [0.05, 0.1) is 6.04 Å². The van der Waals surface area contributed by atoms with Crippen LogP contribution in [0.4, 0.5) is 0 Å². The fraction of sp³-hybridized carbons (Fsp3) is 0.0870. The number of amides is 1. The van der Waals surface area contributed by atoms with Gasteiger partial charge in [0, 0.05) is 15.4 Å². The summed E-state index contributed by atoms with van der Waals surface area (Å²) in [5.74, 6) is 0.123. The monoisotopic (exact) mass is 419 g/mol. The van der Waals surface area contributed by atoms with Crippen LogP contribution in [0.2, 0.25) is 0 Å². The highest BCUT2D eigenvalue weighted by Crippen LogP contribution is 2.29. The molecule has 4 rings (SSSR count). The third-order valence-corrected chi connectivity index (χ3v) is 5.14. The average molecular weight is 420 g/mol. The van der Waals surface area contributed by atoms with E-state index in [2.05, 4.69) is 21.2 Å². The van der Waals surface area contributed by atoms with Crippen molar-refractivity contribution in [2.75, 3.05) is 0 Å². The first-order valence-electron chi connectivity index (χ1n) is 8.73. The fourth-order valence-electron chi connectivity index (χ4n) is 3.26. The molecular formula is C23H18BrNO2. The van der Waals surface area contributed by atoms with Gasteiger partial charge in [0.2, 0.25) is 0 Å². The lowest BCUT2D eigenvalue weighted by atomic mass is 9.98. The molecule has 1 aromatic heterocycles. The summed E-state index contributed by atoms with van der Waals surface area (Å²) in [4.78, 5) is 13.1. The van der Waals surface area contributed by atoms with Gasteiger partial charge < -0.3 is 9.73 Å². The van der Waals surface area contributed by atoms with Gasteiger partial charge in [-0.05, 0) is 36.2 Å². The molecule has 0 aliphatic carbocycles. The maximum Gasteiger partial charge on any atom is 0.288 e. The van der Waals surface area contributed by atoms with Crippen LogP contribution in [0.5, 0.6) is 0 Å². The van der Waals surface area contributed by atoms with Crippen LogP contribution >= 0.6 is 15.9 Å². The van der Waals surface area contributed by atoms with E-state index < -0.39 is 0 Å². The van der Waals surface area contributed by atoms with Crippen LogP contribution in [0.15, 0.2) is 87.8 Å². The molecule has 0 atom stereocenters. The maximum absolute atomic E-state index is 13.1. The molecule has 134 valence electrons. The van der Waals surface area contributed by atoms with E-state index in [0.29, 0.717) is 11.3 Å². The number of carbonyl (C=O) groups is 1. The quantitative estimate of drug-likeness (QED) is 0.439. The van der Waals surface area contributed by atoms with E-state index in [1.54, 1.807) is 0 Å². The van der Waals surface area contributed by atoms with Gasteiger partial charge in [0.15, 0.2) is 5.76 Å². The normalized spacial score (nSPS) is 11.1. The van der Waals surface area contributed by atoms with Crippen LogP contribution in [-0.2, 0) is 0 Å². The number of benzene rings is 3. The highest BCUT2D eigenvalue weighted by molar-refractivity contribution is 9.10. The highest BCUT2D eigenvalue weighted by Gasteiger charge is 2.22. The second-order valence-corrected chi connectivity index (χ2v) is 7.34. The summed E-state index contributed by atoms with van der Waals surface area (Å²) in [5.41, 5.74) is 3.59. The van der Waals surface area contributed by atoms with Crippen molar-refractivity contribution < 1.29 is 9.21 Å². The topological polar surface area (TPSA) is 42.2 Å². The third-order valence-electron chi connectivity index (χ3n) is 4.65. The fourth-order valence-corrected chi connectivity index (χ4v) is 3.62. The molecule has 0 fully saturated rings. The molecular weight excluding hydrogens is 402 g/mol. The molecule has 0 unspecified atom stereocenters. The number of nitrogens with one attached hydrogen (secondary N) is 1. The van der Waals surface area contributed by atoms with Crippen molar-refractivity contribution >= 4 is 32.8 Å². The van der Waals surface area contributed by atoms with Gasteiger partial charge in [-0.25, -0.2) is 0 Å². The minimum absolute atomic E-state index is 0.225. The molecule has 0 saturated heterocycles. The second kappa shape index (κ2) is 7.41. The Bertz CT molecular complexity index is 1050. The molecule has 0 spiro atoms. The number of hydrogen-bond donors (Lipinski definition) is 1. The van der Waals surface area contributed by atoms with Gasteiger partial charge in [-0.15, -0.1) is 0 Å². The molecule has 3 nitrogen and oxygen atoms in total. The summed E-state index contributed by atoms with van der Waals surface area (Å²) in [7, 11) is 0. The summed E-state index contributed by atoms with van der Waals surface area (Å²) in [6, 6.07) is 25.4. The van der Waals surface area contributed by atoms with E-state index in [1.807, 2.05) is 85.8 Å². The number of halogens is 1. The van der Waals surface area contributed by atoms with Crippen molar-refractivity contribution in [3.63, 3.8) is 0 Å². The molecule has 0 saturated carbocycles. The van der Waals surface area contributed by atoms with Crippen molar-refractivity contribution in [2.24, 2.45) is 0 Å². The first kappa shape index (κ1) is 17.6. The number of aryl methyl sites for hydroxylation is 1. The standard InChI is InChI=1S/C23H18BrNO2/c1-15-19-14-18(24)12-13-20(19)27-22(15)23(26)25-21(16-8-4-2-5-9-16)17-10-6-3-7-11-17/h2-14,21H,1H3,(H,25,26). The zero-order chi connectivity index (χ0) is 18.8. The predicted molar refractivity (Wildman–Crippen MR) is 111 cm³/mol. The molecule has 0 aliphatic heterocycles. The Kier molecular flexibility index (Phi) is 4.82. The Morgan fingerprint density at radius 1 is 0.926 bits per heavy atom. The summed E-state index contributed by atoms with van der Waals surface area (Å²) in [5, 5.41) is 4.07. The van der Waals surface area contributed by atoms with E-state index in [-0.39, 0.29) is 11.9 Å². The number of hydrogen-bond acceptors (Lipinski definition) is 2. The maximum atomic E-state index is 13.1. The second-order valence-electron chi connectivity index (χ2n) is 6.42. The van der Waals surface area contributed by atoms with Gasteiger partial charge >= 0.3 is 0 Å². The van der Waals surface area contributed by atoms with Crippen molar-refractivity contribution in [1.82, 2.24) is 5.32 Å². The van der Waals surface area contributed by atoms with Crippen molar-refractivity contribution in [3.8, 4) is 0 Å². The van der Waals surface area contributed by atoms with E-state index in [9.17, 15) is 4.79 Å². The lowest BCUT2D eigenvalue weighted by Gasteiger charge is -2.19. The molecule has 1 amide bonds. The Morgan fingerprint density at radius 2 is 1.52 bits per heavy atom. The molecule has 27 heavy (non-hydrogen) atoms. The molecule has 1 heterocycles. The number of fused-ring (bicyclic) bond motifs is 1. The molecule has 0 bridgehead atoms. The van der Waals surface area contributed by atoms with Crippen molar-refractivity contribution in [3.05, 3.63) is 106 Å². The average Bonchev–Trinajstić information content (AvgIpc) is 3.03. The van der Waals surface area contributed by atoms with Gasteiger partial charge in [-0.3, -0.25) is 4.79 Å². The lowest BCUT2D eigenvalue weighted by Crippen LogP contribution is -2.29. The molecule has 0 aliphatic rings. The van der Waals surface area contributed by atoms with Crippen molar-refractivity contribution in [2.45, 2.75) is 13.0 Å². The zero-order valence-corrected chi connectivity index (χ0v) is 16.4. The summed E-state index contributed by atoms with van der Waals surface area (Å²) >= 11 is 3.47. The van der Waals surface area contributed by atoms with E-state index in [0.717, 1.165) is 26.5 Å². The molecule has 3 aromatic carbocycles. The van der Waals surface area contributed by atoms with Crippen LogP contribution < -0.4 is 5.32 Å². The minimum atomic E-state index is -0.251. The zero-order valence-electron chi connectivity index (χ0n) is 14.8. The Labute approximate surface area is 166 Å². The van der Waals surface area contributed by atoms with Gasteiger partial charge in [-0.1, -0.05) is 76.6 Å². The molecule has 4 heteroatoms. The number of rotatable bonds is 4. The van der Waals surface area contributed by atoms with E-state index in [4.69, 9.17) is 4.42 Å². The minimum Gasteiger partial charge on any atom is -0.451 e. The predicted octanol–water partition coefficient (Wildman–Crippen LogP) is 6.02. The first-order valence-corrected chi connectivity index (χ1v) is 9.52. The molecule has 1 N–H and O–H groups in total. The summed E-state index contributed by atoms with van der Waals surface area (Å²) in [6.07, 6.45) is 0. The van der Waals surface area contributed by atoms with Crippen LogP contribution in [0, 0.1) is 6.92 Å². The van der Waals surface area contributed by atoms with Gasteiger partial charge in [0.25, 0.3) is 5.91 Å². The Hall–Kier alpha value is -2.85. The summed E-state index contributed by atoms with van der Waals surface area (Å²) in [6.45, 7) is 1.91. The Balaban J connectivity index is 1.71. The van der Waals surface area contributed by atoms with Crippen LogP contribution in [0.1, 0.15) is 33.3 Å². The smallest absolute Gasteiger partial charge is 0.288 e. The summed E-state index contributed by atoms with van der Waals surface area (Å²) < 4.78 is 6.81. The Morgan fingerprint density at radius 3 is 2.11 bits per heavy atom. The van der Waals surface area contributed by atoms with Crippen LogP contribution in [0.25, 0.3) is 11.0 Å². The third kappa shape index (κ3) is 3.53. The first-order chi connectivity index (χ1) is 13.1. The number of furan rings is 1. The lowest BCUT2D eigenvalue weighted by molar-refractivity contribution is 0.0916. The van der Waals surface area contributed by atoms with Gasteiger partial charge in [0.1, 0.15) is 5.58 Å². The molecule has 0 radical (unpaired) electrons. The largest absolute Gasteiger partial charge is 0.451 e. The highest BCUT2D eigenvalue weighted by atomic mass is 79.9.